The summed E-state index contributed by atoms with van der Waals surface area (Å²) >= 11 is 0. The van der Waals surface area contributed by atoms with Gasteiger partial charge in [0.25, 0.3) is 0 Å². The molecule has 0 radical (unpaired) electrons. The van der Waals surface area contributed by atoms with Gasteiger partial charge in [0.05, 0.1) is 6.61 Å². The first kappa shape index (κ1) is 31.1. The Morgan fingerprint density at radius 3 is 2.16 bits per heavy atom. The van der Waals surface area contributed by atoms with Crippen molar-refractivity contribution in [1.82, 2.24) is 0 Å². The van der Waals surface area contributed by atoms with Gasteiger partial charge in [-0.05, 0) is 57.8 Å². The molecule has 2 aliphatic carbocycles. The van der Waals surface area contributed by atoms with Gasteiger partial charge in [0, 0.05) is 36.7 Å². The molecule has 37 heavy (non-hydrogen) atoms. The van der Waals surface area contributed by atoms with Crippen LogP contribution >= 0.6 is 0 Å². The number of carbonyl (C=O) groups is 3. The predicted octanol–water partition coefficient (Wildman–Crippen LogP) is 6.14. The molecule has 210 valence electrons. The normalized spacial score (nSPS) is 30.0. The number of allylic oxidation sites excluding steroid dienone is 2. The predicted molar refractivity (Wildman–Crippen MR) is 143 cm³/mol. The number of hydrogen-bond acceptors (Lipinski definition) is 6. The van der Waals surface area contributed by atoms with Crippen molar-refractivity contribution in [2.24, 2.45) is 16.7 Å². The van der Waals surface area contributed by atoms with Crippen LogP contribution in [-0.4, -0.2) is 46.9 Å². The highest BCUT2D eigenvalue weighted by Crippen LogP contribution is 2.61. The lowest BCUT2D eigenvalue weighted by Gasteiger charge is -2.60. The summed E-state index contributed by atoms with van der Waals surface area (Å²) in [5.74, 6) is -1.67. The number of aliphatic hydroxyl groups is 1. The van der Waals surface area contributed by atoms with Crippen molar-refractivity contribution < 1.29 is 34.1 Å². The van der Waals surface area contributed by atoms with Gasteiger partial charge in [-0.15, -0.1) is 0 Å². The minimum absolute atomic E-state index is 0.188. The molecule has 1 fully saturated rings. The molecule has 1 saturated carbocycles. The van der Waals surface area contributed by atoms with E-state index in [-0.39, 0.29) is 29.9 Å². The molecular weight excluding hydrogens is 472 g/mol. The number of carbonyl (C=O) groups excluding carboxylic acids is 2. The fourth-order valence-electron chi connectivity index (χ4n) is 6.74. The van der Waals surface area contributed by atoms with E-state index >= 15 is 0 Å². The maximum Gasteiger partial charge on any atom is 0.328 e. The first-order chi connectivity index (χ1) is 17.4. The monoisotopic (exact) mass is 520 g/mol. The van der Waals surface area contributed by atoms with E-state index in [1.165, 1.54) is 11.6 Å². The van der Waals surface area contributed by atoms with Crippen LogP contribution < -0.4 is 0 Å². The summed E-state index contributed by atoms with van der Waals surface area (Å²) in [4.78, 5) is 36.5. The number of ether oxygens (including phenoxy) is 2. The lowest BCUT2D eigenvalue weighted by Crippen LogP contribution is -2.61. The Balaban J connectivity index is 2.47. The Morgan fingerprint density at radius 2 is 1.62 bits per heavy atom. The zero-order valence-corrected chi connectivity index (χ0v) is 23.7. The van der Waals surface area contributed by atoms with Crippen molar-refractivity contribution in [1.29, 1.82) is 0 Å². The summed E-state index contributed by atoms with van der Waals surface area (Å²) in [5.41, 5.74) is 2.03. The maximum atomic E-state index is 12.8. The average molecular weight is 521 g/mol. The summed E-state index contributed by atoms with van der Waals surface area (Å²) in [7, 11) is 0. The smallest absolute Gasteiger partial charge is 0.328 e. The largest absolute Gasteiger partial charge is 0.478 e. The Bertz CT molecular complexity index is 888. The molecule has 0 bridgehead atoms. The molecule has 2 N–H and O–H groups in total. The molecule has 0 aliphatic heterocycles. The van der Waals surface area contributed by atoms with Gasteiger partial charge in [0.2, 0.25) is 0 Å². The first-order valence-corrected chi connectivity index (χ1v) is 14.0. The van der Waals surface area contributed by atoms with Crippen molar-refractivity contribution in [3.05, 3.63) is 22.8 Å². The van der Waals surface area contributed by atoms with E-state index in [1.54, 1.807) is 0 Å². The number of carboxylic acids is 1. The molecule has 2 rings (SSSR count). The second-order valence-corrected chi connectivity index (χ2v) is 11.6. The zero-order chi connectivity index (χ0) is 27.8. The van der Waals surface area contributed by atoms with Crippen molar-refractivity contribution in [3.63, 3.8) is 0 Å². The van der Waals surface area contributed by atoms with Gasteiger partial charge in [-0.2, -0.15) is 0 Å². The molecule has 0 heterocycles. The van der Waals surface area contributed by atoms with Crippen LogP contribution in [0.15, 0.2) is 22.8 Å². The van der Waals surface area contributed by atoms with Gasteiger partial charge in [0.1, 0.15) is 12.2 Å². The van der Waals surface area contributed by atoms with E-state index in [0.717, 1.165) is 43.3 Å². The minimum Gasteiger partial charge on any atom is -0.478 e. The first-order valence-electron chi connectivity index (χ1n) is 14.0. The van der Waals surface area contributed by atoms with Crippen LogP contribution in [0.2, 0.25) is 0 Å². The van der Waals surface area contributed by atoms with Crippen LogP contribution in [0.1, 0.15) is 112 Å². The highest BCUT2D eigenvalue weighted by Gasteiger charge is 2.61. The quantitative estimate of drug-likeness (QED) is 0.171. The third kappa shape index (κ3) is 7.46. The van der Waals surface area contributed by atoms with E-state index in [9.17, 15) is 19.5 Å². The molecule has 0 aromatic rings. The number of aliphatic carboxylic acids is 1. The van der Waals surface area contributed by atoms with E-state index in [0.29, 0.717) is 38.5 Å². The maximum absolute atomic E-state index is 12.8. The fourth-order valence-corrected chi connectivity index (χ4v) is 6.74. The summed E-state index contributed by atoms with van der Waals surface area (Å²) in [6.45, 7) is 11.9. The molecule has 7 nitrogen and oxygen atoms in total. The van der Waals surface area contributed by atoms with Gasteiger partial charge < -0.3 is 19.7 Å². The summed E-state index contributed by atoms with van der Waals surface area (Å²) < 4.78 is 12.1. The van der Waals surface area contributed by atoms with Crippen LogP contribution in [0, 0.1) is 16.7 Å². The number of carboxylic acid groups (broad SMARTS) is 1. The Morgan fingerprint density at radius 1 is 1.03 bits per heavy atom. The second-order valence-electron chi connectivity index (χ2n) is 11.6. The Kier molecular flexibility index (Phi) is 11.4. The van der Waals surface area contributed by atoms with Crippen molar-refractivity contribution in [3.8, 4) is 0 Å². The number of rotatable bonds is 13. The van der Waals surface area contributed by atoms with Crippen LogP contribution in [0.4, 0.5) is 0 Å². The zero-order valence-electron chi connectivity index (χ0n) is 23.7. The third-order valence-electron chi connectivity index (χ3n) is 8.65. The van der Waals surface area contributed by atoms with Crippen LogP contribution in [0.25, 0.3) is 0 Å². The number of hydrogen-bond donors (Lipinski definition) is 2. The standard InChI is InChI=1S/C30H48O7/c1-7-9-11-26(34)36-23-18-21(4)22(14-13-20(3)17-25(32)33)29(5)16-15-24(30(6,19-31)28(23)29)37-27(35)12-10-8-2/h17,23-24,28,31H,7-16,18-19H2,1-6H3,(H,32,33). The van der Waals surface area contributed by atoms with Gasteiger partial charge in [0.15, 0.2) is 0 Å². The summed E-state index contributed by atoms with van der Waals surface area (Å²) in [5, 5.41) is 19.9. The SMILES string of the molecule is CCCCC(=O)OC1CC(C)=C(CCC(C)=CC(=O)O)C2(C)CCC(OC(=O)CCCC)C(C)(CO)C12. The van der Waals surface area contributed by atoms with Crippen LogP contribution in [0.3, 0.4) is 0 Å². The number of unbranched alkanes of at least 4 members (excludes halogenated alkanes) is 2. The number of esters is 2. The fraction of sp³-hybridized carbons (Fsp3) is 0.767. The van der Waals surface area contributed by atoms with Crippen molar-refractivity contribution in [2.75, 3.05) is 6.61 Å². The Labute approximate surface area is 222 Å². The van der Waals surface area contributed by atoms with Gasteiger partial charge in [-0.3, -0.25) is 9.59 Å². The van der Waals surface area contributed by atoms with Crippen LogP contribution in [-0.2, 0) is 23.9 Å². The number of aliphatic hydroxyl groups excluding tert-OH is 1. The second kappa shape index (κ2) is 13.6. The molecule has 5 unspecified atom stereocenters. The highest BCUT2D eigenvalue weighted by molar-refractivity contribution is 5.80. The van der Waals surface area contributed by atoms with E-state index in [4.69, 9.17) is 14.6 Å². The van der Waals surface area contributed by atoms with Gasteiger partial charge in [-0.1, -0.05) is 57.3 Å². The third-order valence-corrected chi connectivity index (χ3v) is 8.65. The Hall–Kier alpha value is -2.15. The molecule has 0 amide bonds. The van der Waals surface area contributed by atoms with Crippen molar-refractivity contribution in [2.45, 2.75) is 124 Å². The number of fused-ring (bicyclic) bond motifs is 1. The average Bonchev–Trinajstić information content (AvgIpc) is 2.82. The molecule has 5 atom stereocenters. The highest BCUT2D eigenvalue weighted by atomic mass is 16.6. The lowest BCUT2D eigenvalue weighted by atomic mass is 9.47. The minimum atomic E-state index is -0.951. The van der Waals surface area contributed by atoms with Crippen LogP contribution in [0.5, 0.6) is 0 Å². The lowest BCUT2D eigenvalue weighted by molar-refractivity contribution is -0.200. The summed E-state index contributed by atoms with van der Waals surface area (Å²) in [6, 6.07) is 0. The molecule has 7 heteroatoms. The molecular formula is C30H48O7. The molecule has 0 aromatic heterocycles. The molecule has 0 spiro atoms. The summed E-state index contributed by atoms with van der Waals surface area (Å²) in [6.07, 6.45) is 7.61. The molecule has 0 aromatic carbocycles. The topological polar surface area (TPSA) is 110 Å². The van der Waals surface area contributed by atoms with E-state index in [2.05, 4.69) is 13.8 Å². The van der Waals surface area contributed by atoms with E-state index in [1.807, 2.05) is 27.7 Å². The van der Waals surface area contributed by atoms with Gasteiger partial charge in [-0.25, -0.2) is 4.79 Å². The molecule has 0 saturated heterocycles. The van der Waals surface area contributed by atoms with Crippen molar-refractivity contribution >= 4 is 17.9 Å². The van der Waals surface area contributed by atoms with Gasteiger partial charge >= 0.3 is 17.9 Å². The molecule has 2 aliphatic rings. The van der Waals surface area contributed by atoms with E-state index < -0.39 is 23.6 Å².